The molecule has 0 aromatic heterocycles. The number of aliphatic hydroxyl groups excluding tert-OH is 1. The Hall–Kier alpha value is -3.08. The molecule has 36 heavy (non-hydrogen) atoms. The van der Waals surface area contributed by atoms with Crippen molar-refractivity contribution in [2.24, 2.45) is 0 Å². The fourth-order valence-corrected chi connectivity index (χ4v) is 6.22. The van der Waals surface area contributed by atoms with Crippen LogP contribution in [0.25, 0.3) is 5.76 Å². The molecule has 1 amide bonds. The summed E-state index contributed by atoms with van der Waals surface area (Å²) in [7, 11) is -2.17. The van der Waals surface area contributed by atoms with Gasteiger partial charge in [-0.3, -0.25) is 9.59 Å². The average Bonchev–Trinajstić information content (AvgIpc) is 3.14. The molecule has 0 aliphatic carbocycles. The van der Waals surface area contributed by atoms with E-state index in [1.165, 1.54) is 58.8 Å². The number of halogens is 1. The zero-order valence-electron chi connectivity index (χ0n) is 20.0. The minimum Gasteiger partial charge on any atom is -0.507 e. The van der Waals surface area contributed by atoms with E-state index in [4.69, 9.17) is 4.74 Å². The number of ether oxygens (including phenoxy) is 1. The Morgan fingerprint density at radius 3 is 2.36 bits per heavy atom. The van der Waals surface area contributed by atoms with E-state index in [0.29, 0.717) is 26.1 Å². The fourth-order valence-electron chi connectivity index (χ4n) is 4.70. The van der Waals surface area contributed by atoms with Crippen LogP contribution < -0.4 is 0 Å². The summed E-state index contributed by atoms with van der Waals surface area (Å²) in [6.45, 7) is 1.37. The number of hydrogen-bond acceptors (Lipinski definition) is 6. The summed E-state index contributed by atoms with van der Waals surface area (Å²) in [4.78, 5) is 27.2. The number of piperidine rings is 1. The van der Waals surface area contributed by atoms with Crippen LogP contribution in [-0.2, 0) is 24.3 Å². The highest BCUT2D eigenvalue weighted by Crippen LogP contribution is 2.40. The van der Waals surface area contributed by atoms with Crippen LogP contribution in [0.15, 0.2) is 59.0 Å². The first-order valence-corrected chi connectivity index (χ1v) is 13.3. The third-order valence-corrected chi connectivity index (χ3v) is 8.48. The van der Waals surface area contributed by atoms with Gasteiger partial charge >= 0.3 is 0 Å². The largest absolute Gasteiger partial charge is 0.507 e. The number of amides is 1. The molecule has 1 atom stereocenters. The first kappa shape index (κ1) is 26.0. The van der Waals surface area contributed by atoms with Gasteiger partial charge in [0, 0.05) is 44.5 Å². The van der Waals surface area contributed by atoms with Gasteiger partial charge in [-0.05, 0) is 49.6 Å². The molecule has 0 bridgehead atoms. The molecule has 8 nitrogen and oxygen atoms in total. The zero-order valence-corrected chi connectivity index (χ0v) is 20.8. The Labute approximate surface area is 210 Å². The topological polar surface area (TPSA) is 104 Å². The maximum absolute atomic E-state index is 14.8. The highest BCUT2D eigenvalue weighted by Gasteiger charge is 2.46. The summed E-state index contributed by atoms with van der Waals surface area (Å²) in [6.07, 6.45) is 3.01. The van der Waals surface area contributed by atoms with E-state index in [1.807, 2.05) is 0 Å². The van der Waals surface area contributed by atoms with Crippen LogP contribution in [-0.4, -0.2) is 67.8 Å². The second kappa shape index (κ2) is 10.9. The van der Waals surface area contributed by atoms with Gasteiger partial charge in [-0.1, -0.05) is 24.6 Å². The van der Waals surface area contributed by atoms with Crippen molar-refractivity contribution in [1.29, 1.82) is 0 Å². The van der Waals surface area contributed by atoms with E-state index in [2.05, 4.69) is 0 Å². The number of rotatable bonds is 8. The summed E-state index contributed by atoms with van der Waals surface area (Å²) in [5.74, 6) is -2.87. The van der Waals surface area contributed by atoms with Crippen LogP contribution in [0.5, 0.6) is 0 Å². The van der Waals surface area contributed by atoms with Gasteiger partial charge in [0.05, 0.1) is 16.5 Å². The number of methoxy groups -OCH3 is 1. The first-order chi connectivity index (χ1) is 17.3. The number of hydrogen-bond donors (Lipinski definition) is 1. The molecular weight excluding hydrogens is 487 g/mol. The van der Waals surface area contributed by atoms with Crippen LogP contribution in [0.1, 0.15) is 42.9 Å². The van der Waals surface area contributed by atoms with Crippen molar-refractivity contribution in [1.82, 2.24) is 9.21 Å². The molecular formula is C26H29FN2O6S. The predicted octanol–water partition coefficient (Wildman–Crippen LogP) is 3.46. The molecule has 2 aromatic carbocycles. The van der Waals surface area contributed by atoms with Crippen molar-refractivity contribution in [2.45, 2.75) is 36.6 Å². The number of nitrogens with zero attached hydrogens (tertiary/aromatic N) is 2. The summed E-state index contributed by atoms with van der Waals surface area (Å²) in [5, 5.41) is 11.1. The smallest absolute Gasteiger partial charge is 0.295 e. The van der Waals surface area contributed by atoms with E-state index in [-0.39, 0.29) is 28.1 Å². The van der Waals surface area contributed by atoms with Crippen molar-refractivity contribution in [3.63, 3.8) is 0 Å². The highest BCUT2D eigenvalue weighted by atomic mass is 32.2. The lowest BCUT2D eigenvalue weighted by Crippen LogP contribution is -2.35. The number of ketones is 1. The summed E-state index contributed by atoms with van der Waals surface area (Å²) < 4.78 is 47.2. The van der Waals surface area contributed by atoms with Gasteiger partial charge in [0.2, 0.25) is 10.0 Å². The van der Waals surface area contributed by atoms with Crippen molar-refractivity contribution in [2.75, 3.05) is 33.4 Å². The van der Waals surface area contributed by atoms with Gasteiger partial charge in [-0.25, -0.2) is 12.8 Å². The molecule has 4 rings (SSSR count). The maximum Gasteiger partial charge on any atom is 0.295 e. The summed E-state index contributed by atoms with van der Waals surface area (Å²) in [6, 6.07) is 10.2. The number of aliphatic hydroxyl groups is 1. The fraction of sp³-hybridized carbons (Fsp3) is 0.385. The van der Waals surface area contributed by atoms with Crippen LogP contribution in [0.3, 0.4) is 0 Å². The minimum absolute atomic E-state index is 0.0756. The van der Waals surface area contributed by atoms with Crippen LogP contribution in [0.2, 0.25) is 0 Å². The van der Waals surface area contributed by atoms with Gasteiger partial charge in [0.15, 0.2) is 0 Å². The van der Waals surface area contributed by atoms with Gasteiger partial charge in [-0.2, -0.15) is 4.31 Å². The number of Topliss-reactive ketones (excluding diaryl/α,β-unsaturated/α-hetero) is 1. The number of sulfonamides is 1. The quantitative estimate of drug-likeness (QED) is 0.249. The highest BCUT2D eigenvalue weighted by molar-refractivity contribution is 7.89. The van der Waals surface area contributed by atoms with Crippen LogP contribution in [0, 0.1) is 5.82 Å². The molecule has 2 aromatic rings. The molecule has 2 heterocycles. The summed E-state index contributed by atoms with van der Waals surface area (Å²) >= 11 is 0. The summed E-state index contributed by atoms with van der Waals surface area (Å²) in [5.41, 5.74) is -0.00190. The Morgan fingerprint density at radius 2 is 1.72 bits per heavy atom. The Kier molecular flexibility index (Phi) is 7.87. The molecule has 2 saturated heterocycles. The molecule has 1 N–H and O–H groups in total. The average molecular weight is 517 g/mol. The van der Waals surface area contributed by atoms with E-state index in [9.17, 15) is 27.5 Å². The van der Waals surface area contributed by atoms with E-state index in [0.717, 1.165) is 19.3 Å². The molecule has 2 fully saturated rings. The third-order valence-electron chi connectivity index (χ3n) is 6.57. The number of likely N-dealkylation sites (tertiary alicyclic amines) is 1. The maximum atomic E-state index is 14.8. The standard InChI is InChI=1S/C26H29FN2O6S/c1-35-17-7-16-29-23(20-8-3-4-9-21(20)27)22(25(31)26(29)32)24(30)18-10-12-19(13-11-18)36(33,34)28-14-5-2-6-15-28/h3-4,8-13,23,30H,2,5-7,14-17H2,1H3/b24-22+/t23-/m1/s1. The molecule has 192 valence electrons. The van der Waals surface area contributed by atoms with Gasteiger partial charge in [0.1, 0.15) is 11.6 Å². The third kappa shape index (κ3) is 4.93. The lowest BCUT2D eigenvalue weighted by Gasteiger charge is -2.26. The number of carbonyl (C=O) groups excluding carboxylic acids is 2. The van der Waals surface area contributed by atoms with Crippen molar-refractivity contribution in [3.05, 3.63) is 71.0 Å². The van der Waals surface area contributed by atoms with Gasteiger partial charge in [0.25, 0.3) is 11.7 Å². The van der Waals surface area contributed by atoms with Gasteiger partial charge < -0.3 is 14.7 Å². The Morgan fingerprint density at radius 1 is 1.06 bits per heavy atom. The molecule has 0 radical (unpaired) electrons. The van der Waals surface area contributed by atoms with Crippen LogP contribution in [0.4, 0.5) is 4.39 Å². The lowest BCUT2D eigenvalue weighted by molar-refractivity contribution is -0.140. The zero-order chi connectivity index (χ0) is 25.9. The van der Waals surface area contributed by atoms with E-state index < -0.39 is 39.3 Å². The molecule has 2 aliphatic heterocycles. The number of carbonyl (C=O) groups is 2. The molecule has 0 saturated carbocycles. The Bertz CT molecular complexity index is 1270. The molecule has 0 unspecified atom stereocenters. The monoisotopic (exact) mass is 516 g/mol. The minimum atomic E-state index is -3.68. The molecule has 0 spiro atoms. The van der Waals surface area contributed by atoms with Gasteiger partial charge in [-0.15, -0.1) is 0 Å². The predicted molar refractivity (Wildman–Crippen MR) is 131 cm³/mol. The first-order valence-electron chi connectivity index (χ1n) is 11.9. The molecule has 10 heteroatoms. The van der Waals surface area contributed by atoms with Crippen molar-refractivity contribution >= 4 is 27.5 Å². The normalized spacial score (nSPS) is 20.7. The second-order valence-electron chi connectivity index (χ2n) is 8.85. The molecule has 2 aliphatic rings. The Balaban J connectivity index is 1.73. The van der Waals surface area contributed by atoms with E-state index in [1.54, 1.807) is 6.07 Å². The van der Waals surface area contributed by atoms with E-state index >= 15 is 0 Å². The lowest BCUT2D eigenvalue weighted by atomic mass is 9.95. The van der Waals surface area contributed by atoms with Crippen molar-refractivity contribution < 1.29 is 32.2 Å². The van der Waals surface area contributed by atoms with Crippen LogP contribution >= 0.6 is 0 Å². The SMILES string of the molecule is COCCCN1C(=O)C(=O)/C(=C(/O)c2ccc(S(=O)(=O)N3CCCCC3)cc2)[C@H]1c1ccccc1F. The number of benzene rings is 2. The second-order valence-corrected chi connectivity index (χ2v) is 10.8. The van der Waals surface area contributed by atoms with Crippen molar-refractivity contribution in [3.8, 4) is 0 Å².